The van der Waals surface area contributed by atoms with E-state index in [1.807, 2.05) is 45.9 Å². The number of hydrogen-bond acceptors (Lipinski definition) is 7. The number of sulfonamides is 1. The predicted molar refractivity (Wildman–Crippen MR) is 150 cm³/mol. The zero-order valence-electron chi connectivity index (χ0n) is 22.3. The molecular weight excluding hydrogens is 540 g/mol. The number of nitrogens with zero attached hydrogens (tertiary/aromatic N) is 5. The van der Waals surface area contributed by atoms with Crippen LogP contribution in [0.25, 0.3) is 11.3 Å². The van der Waals surface area contributed by atoms with Gasteiger partial charge in [-0.3, -0.25) is 9.48 Å². The smallest absolute Gasteiger partial charge is 0.267 e. The first-order chi connectivity index (χ1) is 18.5. The number of carbonyl (C=O) groups is 1. The van der Waals surface area contributed by atoms with Crippen LogP contribution in [0.3, 0.4) is 0 Å². The quantitative estimate of drug-likeness (QED) is 0.294. The fourth-order valence-electron chi connectivity index (χ4n) is 4.12. The summed E-state index contributed by atoms with van der Waals surface area (Å²) in [6.07, 6.45) is 2.61. The van der Waals surface area contributed by atoms with Crippen molar-refractivity contribution in [2.24, 2.45) is 7.05 Å². The topological polar surface area (TPSA) is 119 Å². The summed E-state index contributed by atoms with van der Waals surface area (Å²) < 4.78 is 35.8. The average Bonchev–Trinajstić information content (AvgIpc) is 3.32. The Morgan fingerprint density at radius 3 is 2.36 bits per heavy atom. The highest BCUT2D eigenvalue weighted by Crippen LogP contribution is 2.32. The van der Waals surface area contributed by atoms with Crippen LogP contribution >= 0.6 is 11.6 Å². The van der Waals surface area contributed by atoms with E-state index in [1.54, 1.807) is 30.1 Å². The van der Waals surface area contributed by atoms with Crippen LogP contribution < -0.4 is 9.46 Å². The van der Waals surface area contributed by atoms with Crippen LogP contribution in [-0.4, -0.2) is 52.1 Å². The monoisotopic (exact) mass is 568 g/mol. The Morgan fingerprint density at radius 1 is 1.08 bits per heavy atom. The van der Waals surface area contributed by atoms with Crippen molar-refractivity contribution in [3.8, 4) is 22.9 Å². The molecule has 0 unspecified atom stereocenters. The number of aryl methyl sites for hydroxylation is 3. The number of nitrogens with one attached hydrogen (secondary N) is 1. The van der Waals surface area contributed by atoms with E-state index in [4.69, 9.17) is 16.3 Å². The third kappa shape index (κ3) is 6.21. The Morgan fingerprint density at radius 2 is 1.77 bits per heavy atom. The summed E-state index contributed by atoms with van der Waals surface area (Å²) in [6, 6.07) is 12.2. The lowest BCUT2D eigenvalue weighted by atomic mass is 10.00. The summed E-state index contributed by atoms with van der Waals surface area (Å²) in [4.78, 5) is 23.2. The Labute approximate surface area is 232 Å². The predicted octanol–water partition coefficient (Wildman–Crippen LogP) is 5.22. The molecule has 39 heavy (non-hydrogen) atoms. The van der Waals surface area contributed by atoms with Gasteiger partial charge in [-0.2, -0.15) is 10.1 Å². The minimum Gasteiger partial charge on any atom is -0.439 e. The van der Waals surface area contributed by atoms with Crippen molar-refractivity contribution in [3.05, 3.63) is 76.6 Å². The van der Waals surface area contributed by atoms with Crippen LogP contribution in [0, 0.1) is 13.8 Å². The lowest BCUT2D eigenvalue weighted by Crippen LogP contribution is -2.30. The molecule has 0 saturated heterocycles. The molecular formula is C27H29ClN6O4S. The number of halogens is 1. The summed E-state index contributed by atoms with van der Waals surface area (Å²) >= 11 is 6.45. The molecule has 0 aliphatic heterocycles. The number of amides is 1. The first-order valence-corrected chi connectivity index (χ1v) is 14.1. The van der Waals surface area contributed by atoms with Gasteiger partial charge < -0.3 is 9.64 Å². The molecule has 2 aromatic heterocycles. The highest BCUT2D eigenvalue weighted by molar-refractivity contribution is 7.92. The van der Waals surface area contributed by atoms with E-state index in [1.165, 1.54) is 23.1 Å². The minimum atomic E-state index is -4.01. The van der Waals surface area contributed by atoms with Crippen LogP contribution in [0.15, 0.2) is 59.8 Å². The van der Waals surface area contributed by atoms with Crippen molar-refractivity contribution < 1.29 is 17.9 Å². The first-order valence-electron chi connectivity index (χ1n) is 12.3. The van der Waals surface area contributed by atoms with Crippen LogP contribution in [0.5, 0.6) is 11.6 Å². The van der Waals surface area contributed by atoms with Gasteiger partial charge in [0.2, 0.25) is 11.8 Å². The Kier molecular flexibility index (Phi) is 8.22. The Bertz CT molecular complexity index is 1610. The van der Waals surface area contributed by atoms with Crippen molar-refractivity contribution in [2.75, 3.05) is 17.8 Å². The molecule has 1 amide bonds. The zero-order chi connectivity index (χ0) is 28.3. The summed E-state index contributed by atoms with van der Waals surface area (Å²) in [5, 5.41) is 4.16. The van der Waals surface area contributed by atoms with Crippen LogP contribution in [0.1, 0.15) is 35.3 Å². The second-order valence-electron chi connectivity index (χ2n) is 8.86. The largest absolute Gasteiger partial charge is 0.439 e. The second kappa shape index (κ2) is 11.4. The van der Waals surface area contributed by atoms with Gasteiger partial charge in [-0.25, -0.2) is 18.1 Å². The molecule has 0 aliphatic rings. The number of aromatic nitrogens is 4. The fourth-order valence-corrected chi connectivity index (χ4v) is 5.30. The number of ether oxygens (including phenoxy) is 1. The molecule has 1 N–H and O–H groups in total. The average molecular weight is 569 g/mol. The molecule has 2 heterocycles. The molecule has 0 bridgehead atoms. The van der Waals surface area contributed by atoms with Crippen LogP contribution in [-0.2, 0) is 17.1 Å². The van der Waals surface area contributed by atoms with Gasteiger partial charge in [-0.05, 0) is 51.0 Å². The van der Waals surface area contributed by atoms with Gasteiger partial charge in [0.1, 0.15) is 10.6 Å². The van der Waals surface area contributed by atoms with Crippen molar-refractivity contribution in [1.29, 1.82) is 0 Å². The normalized spacial score (nSPS) is 11.3. The number of rotatable bonds is 9. The number of anilines is 1. The Hall–Kier alpha value is -3.96. The molecule has 0 fully saturated rings. The van der Waals surface area contributed by atoms with Gasteiger partial charge in [0.15, 0.2) is 0 Å². The van der Waals surface area contributed by atoms with Crippen molar-refractivity contribution in [1.82, 2.24) is 24.6 Å². The SMILES string of the molecule is CCN(CC)C(=O)c1ccc(Oc2cc(-c3c(C)cccc3C)nc(NS(=O)(=O)c3cnn(C)c3)n2)cc1Cl. The van der Waals surface area contributed by atoms with E-state index in [-0.39, 0.29) is 27.7 Å². The maximum atomic E-state index is 13.0. The third-order valence-electron chi connectivity index (χ3n) is 6.10. The lowest BCUT2D eigenvalue weighted by molar-refractivity contribution is 0.0773. The minimum absolute atomic E-state index is 0.0335. The molecule has 0 aliphatic carbocycles. The van der Waals surface area contributed by atoms with Crippen LogP contribution in [0.2, 0.25) is 5.02 Å². The summed E-state index contributed by atoms with van der Waals surface area (Å²) in [5.41, 5.74) is 3.55. The number of benzene rings is 2. The molecule has 204 valence electrons. The lowest BCUT2D eigenvalue weighted by Gasteiger charge is -2.19. The third-order valence-corrected chi connectivity index (χ3v) is 7.70. The van der Waals surface area contributed by atoms with Gasteiger partial charge >= 0.3 is 0 Å². The molecule has 4 rings (SSSR count). The molecule has 10 nitrogen and oxygen atoms in total. The summed E-state index contributed by atoms with van der Waals surface area (Å²) in [5.74, 6) is 0.0603. The maximum absolute atomic E-state index is 13.0. The molecule has 2 aromatic carbocycles. The molecule has 0 saturated carbocycles. The highest BCUT2D eigenvalue weighted by Gasteiger charge is 2.21. The van der Waals surface area contributed by atoms with Gasteiger partial charge in [0.25, 0.3) is 15.9 Å². The molecule has 4 aromatic rings. The molecule has 0 spiro atoms. The number of hydrogen-bond donors (Lipinski definition) is 1. The summed E-state index contributed by atoms with van der Waals surface area (Å²) in [7, 11) is -2.39. The maximum Gasteiger partial charge on any atom is 0.267 e. The number of carbonyl (C=O) groups excluding carboxylic acids is 1. The molecule has 0 radical (unpaired) electrons. The Balaban J connectivity index is 1.74. The standard InChI is InChI=1S/C27H29ClN6O4S/c1-6-34(7-2)26(35)21-12-11-19(13-22(21)28)38-24-14-23(25-17(3)9-8-10-18(25)4)30-27(31-24)32-39(36,37)20-15-29-33(5)16-20/h8-16H,6-7H2,1-5H3,(H,30,31,32). The van der Waals surface area contributed by atoms with Crippen LogP contribution in [0.4, 0.5) is 5.95 Å². The van der Waals surface area contributed by atoms with Crippen molar-refractivity contribution in [3.63, 3.8) is 0 Å². The molecule has 0 atom stereocenters. The van der Waals surface area contributed by atoms with Gasteiger partial charge in [0.05, 0.1) is 22.5 Å². The molecule has 12 heteroatoms. The van der Waals surface area contributed by atoms with E-state index in [0.29, 0.717) is 30.1 Å². The summed E-state index contributed by atoms with van der Waals surface area (Å²) in [6.45, 7) is 8.80. The van der Waals surface area contributed by atoms with E-state index in [9.17, 15) is 13.2 Å². The van der Waals surface area contributed by atoms with E-state index in [2.05, 4.69) is 19.8 Å². The fraction of sp³-hybridized carbons (Fsp3) is 0.259. The van der Waals surface area contributed by atoms with E-state index in [0.717, 1.165) is 16.7 Å². The van der Waals surface area contributed by atoms with Gasteiger partial charge in [-0.1, -0.05) is 29.8 Å². The van der Waals surface area contributed by atoms with Crippen molar-refractivity contribution in [2.45, 2.75) is 32.6 Å². The van der Waals surface area contributed by atoms with E-state index >= 15 is 0 Å². The first kappa shape index (κ1) is 28.1. The van der Waals surface area contributed by atoms with Gasteiger partial charge in [0, 0.05) is 44.0 Å². The van der Waals surface area contributed by atoms with Crippen molar-refractivity contribution >= 4 is 33.5 Å². The second-order valence-corrected chi connectivity index (χ2v) is 10.9. The van der Waals surface area contributed by atoms with Gasteiger partial charge in [-0.15, -0.1) is 0 Å². The van der Waals surface area contributed by atoms with E-state index < -0.39 is 10.0 Å². The zero-order valence-corrected chi connectivity index (χ0v) is 23.8. The highest BCUT2D eigenvalue weighted by atomic mass is 35.5.